The average molecular weight is 368 g/mol. The van der Waals surface area contributed by atoms with E-state index in [2.05, 4.69) is 24.1 Å². The van der Waals surface area contributed by atoms with E-state index in [-0.39, 0.29) is 23.8 Å². The summed E-state index contributed by atoms with van der Waals surface area (Å²) in [5.41, 5.74) is 1.68. The molecule has 1 aliphatic rings. The van der Waals surface area contributed by atoms with Crippen molar-refractivity contribution in [3.8, 4) is 0 Å². The van der Waals surface area contributed by atoms with Crippen molar-refractivity contribution in [2.45, 2.75) is 52.1 Å². The summed E-state index contributed by atoms with van der Waals surface area (Å²) in [6.45, 7) is 8.14. The van der Waals surface area contributed by atoms with Crippen LogP contribution >= 0.6 is 0 Å². The minimum absolute atomic E-state index is 0.0490. The second-order valence-corrected chi connectivity index (χ2v) is 7.44. The van der Waals surface area contributed by atoms with Gasteiger partial charge in [-0.3, -0.25) is 9.59 Å². The Balaban J connectivity index is 1.57. The zero-order chi connectivity index (χ0) is 19.4. The van der Waals surface area contributed by atoms with Gasteiger partial charge in [-0.15, -0.1) is 0 Å². The summed E-state index contributed by atoms with van der Waals surface area (Å²) >= 11 is 0. The third kappa shape index (κ3) is 4.38. The first kappa shape index (κ1) is 19.1. The quantitative estimate of drug-likeness (QED) is 0.852. The van der Waals surface area contributed by atoms with Crippen molar-refractivity contribution in [2.24, 2.45) is 0 Å². The van der Waals surface area contributed by atoms with Crippen molar-refractivity contribution in [2.75, 3.05) is 13.1 Å². The number of hydrogen-bond donors (Lipinski definition) is 1. The maximum absolute atomic E-state index is 12.5. The second-order valence-electron chi connectivity index (χ2n) is 7.44. The standard InChI is InChI=1S/C21H28N4O2/c1-15(2)19-22-10-13-25(19)16(3)20(26)23-14-17-6-8-18(9-7-17)21(27)24-11-4-5-12-24/h6-10,13,15-16H,4-5,11-12,14H2,1-3H3,(H,23,26)/t16-/m0/s1. The van der Waals surface area contributed by atoms with Crippen LogP contribution < -0.4 is 5.32 Å². The van der Waals surface area contributed by atoms with Crippen LogP contribution in [0.4, 0.5) is 0 Å². The zero-order valence-electron chi connectivity index (χ0n) is 16.3. The fraction of sp³-hybridized carbons (Fsp3) is 0.476. The van der Waals surface area contributed by atoms with Gasteiger partial charge in [0.1, 0.15) is 11.9 Å². The summed E-state index contributed by atoms with van der Waals surface area (Å²) in [4.78, 5) is 31.1. The van der Waals surface area contributed by atoms with E-state index >= 15 is 0 Å². The molecule has 0 aliphatic carbocycles. The van der Waals surface area contributed by atoms with Gasteiger partial charge in [-0.05, 0) is 37.5 Å². The smallest absolute Gasteiger partial charge is 0.253 e. The monoisotopic (exact) mass is 368 g/mol. The predicted molar refractivity (Wildman–Crippen MR) is 104 cm³/mol. The Labute approximate surface area is 160 Å². The van der Waals surface area contributed by atoms with E-state index in [0.717, 1.165) is 37.3 Å². The molecule has 1 saturated heterocycles. The third-order valence-electron chi connectivity index (χ3n) is 5.07. The van der Waals surface area contributed by atoms with Gasteiger partial charge < -0.3 is 14.8 Å². The molecule has 6 heteroatoms. The topological polar surface area (TPSA) is 67.2 Å². The van der Waals surface area contributed by atoms with Crippen LogP contribution in [0, 0.1) is 0 Å². The van der Waals surface area contributed by atoms with Crippen LogP contribution in [0.3, 0.4) is 0 Å². The number of rotatable bonds is 6. The molecule has 0 radical (unpaired) electrons. The summed E-state index contributed by atoms with van der Waals surface area (Å²) in [6, 6.07) is 7.19. The highest BCUT2D eigenvalue weighted by atomic mass is 16.2. The van der Waals surface area contributed by atoms with Gasteiger partial charge in [0.15, 0.2) is 0 Å². The summed E-state index contributed by atoms with van der Waals surface area (Å²) < 4.78 is 1.91. The van der Waals surface area contributed by atoms with E-state index in [1.807, 2.05) is 46.9 Å². The van der Waals surface area contributed by atoms with Gasteiger partial charge in [0.05, 0.1) is 0 Å². The molecule has 6 nitrogen and oxygen atoms in total. The van der Waals surface area contributed by atoms with Gasteiger partial charge >= 0.3 is 0 Å². The van der Waals surface area contributed by atoms with Crippen LogP contribution in [-0.2, 0) is 11.3 Å². The van der Waals surface area contributed by atoms with Gasteiger partial charge in [0.2, 0.25) is 5.91 Å². The molecule has 1 aliphatic heterocycles. The first-order valence-electron chi connectivity index (χ1n) is 9.66. The van der Waals surface area contributed by atoms with Crippen molar-refractivity contribution >= 4 is 11.8 Å². The molecular formula is C21H28N4O2. The van der Waals surface area contributed by atoms with Crippen LogP contribution in [0.2, 0.25) is 0 Å². The SMILES string of the molecule is CC(C)c1nccn1[C@@H](C)C(=O)NCc1ccc(C(=O)N2CCCC2)cc1. The van der Waals surface area contributed by atoms with E-state index in [1.165, 1.54) is 0 Å². The van der Waals surface area contributed by atoms with E-state index in [1.54, 1.807) is 6.20 Å². The van der Waals surface area contributed by atoms with Gasteiger partial charge in [0.25, 0.3) is 5.91 Å². The van der Waals surface area contributed by atoms with Gasteiger partial charge in [0, 0.05) is 43.5 Å². The normalized spacial score (nSPS) is 15.2. The number of amides is 2. The molecule has 144 valence electrons. The molecule has 2 amide bonds. The third-order valence-corrected chi connectivity index (χ3v) is 5.07. The molecular weight excluding hydrogens is 340 g/mol. The van der Waals surface area contributed by atoms with Crippen LogP contribution in [-0.4, -0.2) is 39.4 Å². The molecule has 1 fully saturated rings. The van der Waals surface area contributed by atoms with Crippen molar-refractivity contribution in [3.05, 3.63) is 53.6 Å². The largest absolute Gasteiger partial charge is 0.350 e. The van der Waals surface area contributed by atoms with Gasteiger partial charge in [-0.1, -0.05) is 26.0 Å². The lowest BCUT2D eigenvalue weighted by molar-refractivity contribution is -0.124. The van der Waals surface area contributed by atoms with Crippen molar-refractivity contribution in [1.82, 2.24) is 19.8 Å². The maximum Gasteiger partial charge on any atom is 0.253 e. The van der Waals surface area contributed by atoms with Crippen molar-refractivity contribution < 1.29 is 9.59 Å². The highest BCUT2D eigenvalue weighted by molar-refractivity contribution is 5.94. The highest BCUT2D eigenvalue weighted by Crippen LogP contribution is 2.17. The Bertz CT molecular complexity index is 789. The summed E-state index contributed by atoms with van der Waals surface area (Å²) in [6.07, 6.45) is 5.75. The molecule has 1 atom stereocenters. The lowest BCUT2D eigenvalue weighted by Gasteiger charge is -2.18. The number of likely N-dealkylation sites (tertiary alicyclic amines) is 1. The summed E-state index contributed by atoms with van der Waals surface area (Å²) in [7, 11) is 0. The molecule has 0 bridgehead atoms. The lowest BCUT2D eigenvalue weighted by Crippen LogP contribution is -2.31. The molecule has 0 saturated carbocycles. The van der Waals surface area contributed by atoms with Crippen molar-refractivity contribution in [1.29, 1.82) is 0 Å². The molecule has 2 aromatic rings. The predicted octanol–water partition coefficient (Wildman–Crippen LogP) is 3.12. The van der Waals surface area contributed by atoms with Crippen molar-refractivity contribution in [3.63, 3.8) is 0 Å². The molecule has 0 spiro atoms. The Kier molecular flexibility index (Phi) is 5.94. The van der Waals surface area contributed by atoms with E-state index in [4.69, 9.17) is 0 Å². The number of nitrogens with zero attached hydrogens (tertiary/aromatic N) is 3. The molecule has 1 N–H and O–H groups in total. The molecule has 1 aromatic heterocycles. The molecule has 3 rings (SSSR count). The number of aromatic nitrogens is 2. The van der Waals surface area contributed by atoms with E-state index < -0.39 is 0 Å². The van der Waals surface area contributed by atoms with Gasteiger partial charge in [-0.25, -0.2) is 4.98 Å². The number of imidazole rings is 1. The van der Waals surface area contributed by atoms with Gasteiger partial charge in [-0.2, -0.15) is 0 Å². The fourth-order valence-corrected chi connectivity index (χ4v) is 3.43. The van der Waals surface area contributed by atoms with Crippen LogP contribution in [0.25, 0.3) is 0 Å². The number of nitrogens with one attached hydrogen (secondary N) is 1. The molecule has 2 heterocycles. The van der Waals surface area contributed by atoms with Crippen LogP contribution in [0.5, 0.6) is 0 Å². The zero-order valence-corrected chi connectivity index (χ0v) is 16.3. The lowest BCUT2D eigenvalue weighted by atomic mass is 10.1. The Hall–Kier alpha value is -2.63. The van der Waals surface area contributed by atoms with Crippen LogP contribution in [0.15, 0.2) is 36.7 Å². The number of carbonyl (C=O) groups excluding carboxylic acids is 2. The Morgan fingerprint density at radius 2 is 1.78 bits per heavy atom. The van der Waals surface area contributed by atoms with E-state index in [9.17, 15) is 9.59 Å². The van der Waals surface area contributed by atoms with E-state index in [0.29, 0.717) is 12.1 Å². The number of benzene rings is 1. The summed E-state index contributed by atoms with van der Waals surface area (Å²) in [5.74, 6) is 1.21. The second kappa shape index (κ2) is 8.37. The summed E-state index contributed by atoms with van der Waals surface area (Å²) in [5, 5.41) is 2.97. The number of carbonyl (C=O) groups is 2. The average Bonchev–Trinajstić information content (AvgIpc) is 3.37. The number of hydrogen-bond acceptors (Lipinski definition) is 3. The van der Waals surface area contributed by atoms with Crippen LogP contribution in [0.1, 0.15) is 67.3 Å². The highest BCUT2D eigenvalue weighted by Gasteiger charge is 2.20. The molecule has 1 aromatic carbocycles. The minimum Gasteiger partial charge on any atom is -0.350 e. The molecule has 0 unspecified atom stereocenters. The first-order valence-corrected chi connectivity index (χ1v) is 9.66. The fourth-order valence-electron chi connectivity index (χ4n) is 3.43. The maximum atomic E-state index is 12.5. The Morgan fingerprint density at radius 1 is 1.11 bits per heavy atom. The minimum atomic E-state index is -0.319. The Morgan fingerprint density at radius 3 is 2.41 bits per heavy atom. The molecule has 27 heavy (non-hydrogen) atoms. The first-order chi connectivity index (χ1) is 13.0.